The number of rotatable bonds is 7. The SMILES string of the molecule is CCN(CC)c1ccc(/C=N/NC(=O)Cc2csc(C)n2)c(O)c1. The molecule has 128 valence electrons. The van der Waals surface area contributed by atoms with E-state index in [1.165, 1.54) is 17.6 Å². The van der Waals surface area contributed by atoms with Gasteiger partial charge in [0, 0.05) is 35.8 Å². The molecule has 0 bridgehead atoms. The fraction of sp³-hybridized carbons (Fsp3) is 0.353. The second-order valence-electron chi connectivity index (χ2n) is 5.24. The topological polar surface area (TPSA) is 77.8 Å². The Hall–Kier alpha value is -2.41. The Morgan fingerprint density at radius 3 is 2.75 bits per heavy atom. The molecule has 24 heavy (non-hydrogen) atoms. The van der Waals surface area contributed by atoms with Crippen LogP contribution in [0.1, 0.15) is 30.1 Å². The minimum absolute atomic E-state index is 0.132. The normalized spacial score (nSPS) is 11.0. The summed E-state index contributed by atoms with van der Waals surface area (Å²) in [4.78, 5) is 18.2. The molecule has 1 aromatic heterocycles. The number of benzene rings is 1. The summed E-state index contributed by atoms with van der Waals surface area (Å²) in [6.45, 7) is 7.77. The number of aromatic nitrogens is 1. The highest BCUT2D eigenvalue weighted by atomic mass is 32.1. The number of carbonyl (C=O) groups is 1. The molecule has 0 aliphatic rings. The number of aromatic hydroxyl groups is 1. The van der Waals surface area contributed by atoms with E-state index < -0.39 is 0 Å². The van der Waals surface area contributed by atoms with Crippen LogP contribution in [0.5, 0.6) is 5.75 Å². The number of phenolic OH excluding ortho intramolecular Hbond substituents is 1. The Morgan fingerprint density at radius 2 is 2.17 bits per heavy atom. The van der Waals surface area contributed by atoms with Gasteiger partial charge in [-0.3, -0.25) is 4.79 Å². The lowest BCUT2D eigenvalue weighted by Crippen LogP contribution is -2.21. The van der Waals surface area contributed by atoms with E-state index in [1.807, 2.05) is 18.4 Å². The lowest BCUT2D eigenvalue weighted by Gasteiger charge is -2.21. The average molecular weight is 346 g/mol. The summed E-state index contributed by atoms with van der Waals surface area (Å²) in [6.07, 6.45) is 1.63. The van der Waals surface area contributed by atoms with Gasteiger partial charge in [0.05, 0.1) is 23.3 Å². The minimum Gasteiger partial charge on any atom is -0.507 e. The van der Waals surface area contributed by atoms with Crippen LogP contribution >= 0.6 is 11.3 Å². The largest absolute Gasteiger partial charge is 0.507 e. The van der Waals surface area contributed by atoms with E-state index in [2.05, 4.69) is 34.3 Å². The third-order valence-corrected chi connectivity index (χ3v) is 4.37. The summed E-state index contributed by atoms with van der Waals surface area (Å²) in [5.74, 6) is -0.108. The number of hydrogen-bond acceptors (Lipinski definition) is 6. The Bertz CT molecular complexity index is 723. The molecule has 0 atom stereocenters. The first-order chi connectivity index (χ1) is 11.5. The highest BCUT2D eigenvalue weighted by Crippen LogP contribution is 2.23. The fourth-order valence-corrected chi connectivity index (χ4v) is 2.91. The average Bonchev–Trinajstić information content (AvgIpc) is 2.95. The van der Waals surface area contributed by atoms with Crippen LogP contribution in [0.15, 0.2) is 28.7 Å². The summed E-state index contributed by atoms with van der Waals surface area (Å²) in [7, 11) is 0. The van der Waals surface area contributed by atoms with Gasteiger partial charge < -0.3 is 10.0 Å². The van der Waals surface area contributed by atoms with Crippen molar-refractivity contribution < 1.29 is 9.90 Å². The van der Waals surface area contributed by atoms with Gasteiger partial charge in [-0.25, -0.2) is 10.4 Å². The zero-order valence-electron chi connectivity index (χ0n) is 14.1. The molecule has 2 N–H and O–H groups in total. The van der Waals surface area contributed by atoms with Gasteiger partial charge in [-0.1, -0.05) is 0 Å². The highest BCUT2D eigenvalue weighted by molar-refractivity contribution is 7.09. The van der Waals surface area contributed by atoms with E-state index in [4.69, 9.17) is 0 Å². The summed E-state index contributed by atoms with van der Waals surface area (Å²) in [5.41, 5.74) is 4.69. The molecule has 1 aromatic carbocycles. The van der Waals surface area contributed by atoms with Crippen LogP contribution in [-0.4, -0.2) is 35.3 Å². The zero-order valence-corrected chi connectivity index (χ0v) is 14.9. The van der Waals surface area contributed by atoms with E-state index in [-0.39, 0.29) is 18.1 Å². The molecule has 0 radical (unpaired) electrons. The Labute approximate surface area is 145 Å². The van der Waals surface area contributed by atoms with Gasteiger partial charge in [-0.2, -0.15) is 5.10 Å². The van der Waals surface area contributed by atoms with Crippen molar-refractivity contribution in [2.75, 3.05) is 18.0 Å². The van der Waals surface area contributed by atoms with E-state index >= 15 is 0 Å². The highest BCUT2D eigenvalue weighted by Gasteiger charge is 2.07. The molecule has 2 aromatic rings. The second kappa shape index (κ2) is 8.44. The summed E-state index contributed by atoms with van der Waals surface area (Å²) in [5, 5.41) is 16.8. The number of carbonyl (C=O) groups excluding carboxylic acids is 1. The van der Waals surface area contributed by atoms with Crippen molar-refractivity contribution in [2.45, 2.75) is 27.2 Å². The van der Waals surface area contributed by atoms with Crippen LogP contribution in [0.25, 0.3) is 0 Å². The molecular weight excluding hydrogens is 324 g/mol. The van der Waals surface area contributed by atoms with Crippen LogP contribution in [0.2, 0.25) is 0 Å². The van der Waals surface area contributed by atoms with Gasteiger partial charge in [0.2, 0.25) is 5.91 Å². The van der Waals surface area contributed by atoms with E-state index in [1.54, 1.807) is 12.1 Å². The van der Waals surface area contributed by atoms with Crippen molar-refractivity contribution in [2.24, 2.45) is 5.10 Å². The first-order valence-electron chi connectivity index (χ1n) is 7.84. The van der Waals surface area contributed by atoms with Gasteiger partial charge in [0.15, 0.2) is 0 Å². The first kappa shape index (κ1) is 17.9. The van der Waals surface area contributed by atoms with Crippen molar-refractivity contribution in [1.29, 1.82) is 0 Å². The number of nitrogens with one attached hydrogen (secondary N) is 1. The predicted molar refractivity (Wildman–Crippen MR) is 98.0 cm³/mol. The standard InChI is InChI=1S/C17H22N4O2S/c1-4-21(5-2)15-7-6-13(16(22)9-15)10-18-20-17(23)8-14-11-24-12(3)19-14/h6-7,9-11,22H,4-5,8H2,1-3H3,(H,20,23)/b18-10+. The fourth-order valence-electron chi connectivity index (χ4n) is 2.29. The number of aryl methyl sites for hydroxylation is 1. The summed E-state index contributed by atoms with van der Waals surface area (Å²) in [6, 6.07) is 5.41. The van der Waals surface area contributed by atoms with Crippen molar-refractivity contribution in [3.63, 3.8) is 0 Å². The Balaban J connectivity index is 1.95. The maximum atomic E-state index is 11.8. The van der Waals surface area contributed by atoms with Crippen LogP contribution in [0, 0.1) is 6.92 Å². The number of thiazole rings is 1. The molecule has 0 spiro atoms. The first-order valence-corrected chi connectivity index (χ1v) is 8.72. The lowest BCUT2D eigenvalue weighted by molar-refractivity contribution is -0.120. The molecule has 1 amide bonds. The molecule has 0 unspecified atom stereocenters. The predicted octanol–water partition coefficient (Wildman–Crippen LogP) is 2.70. The van der Waals surface area contributed by atoms with Gasteiger partial charge in [-0.15, -0.1) is 11.3 Å². The molecule has 0 aliphatic carbocycles. The van der Waals surface area contributed by atoms with Crippen LogP contribution in [0.4, 0.5) is 5.69 Å². The van der Waals surface area contributed by atoms with Gasteiger partial charge in [0.1, 0.15) is 5.75 Å². The van der Waals surface area contributed by atoms with Crippen molar-refractivity contribution in [3.8, 4) is 5.75 Å². The maximum Gasteiger partial charge on any atom is 0.246 e. The molecule has 6 nitrogen and oxygen atoms in total. The van der Waals surface area contributed by atoms with Gasteiger partial charge in [-0.05, 0) is 32.9 Å². The molecule has 0 saturated carbocycles. The smallest absolute Gasteiger partial charge is 0.246 e. The van der Waals surface area contributed by atoms with Crippen molar-refractivity contribution in [1.82, 2.24) is 10.4 Å². The number of nitrogens with zero attached hydrogens (tertiary/aromatic N) is 3. The molecular formula is C17H22N4O2S. The van der Waals surface area contributed by atoms with E-state index in [0.717, 1.165) is 29.5 Å². The van der Waals surface area contributed by atoms with Gasteiger partial charge in [0.25, 0.3) is 0 Å². The third kappa shape index (κ3) is 4.79. The number of anilines is 1. The number of amides is 1. The second-order valence-corrected chi connectivity index (χ2v) is 6.31. The lowest BCUT2D eigenvalue weighted by atomic mass is 10.2. The van der Waals surface area contributed by atoms with Crippen LogP contribution < -0.4 is 10.3 Å². The monoisotopic (exact) mass is 346 g/mol. The molecule has 0 saturated heterocycles. The van der Waals surface area contributed by atoms with E-state index in [9.17, 15) is 9.90 Å². The molecule has 0 aliphatic heterocycles. The van der Waals surface area contributed by atoms with Crippen molar-refractivity contribution >= 4 is 29.1 Å². The van der Waals surface area contributed by atoms with Gasteiger partial charge >= 0.3 is 0 Å². The quantitative estimate of drug-likeness (QED) is 0.597. The van der Waals surface area contributed by atoms with E-state index in [0.29, 0.717) is 5.56 Å². The van der Waals surface area contributed by atoms with Crippen LogP contribution in [-0.2, 0) is 11.2 Å². The molecule has 1 heterocycles. The Kier molecular flexibility index (Phi) is 6.31. The number of phenols is 1. The summed E-state index contributed by atoms with van der Waals surface area (Å²) < 4.78 is 0. The number of hydrogen-bond donors (Lipinski definition) is 2. The molecule has 0 fully saturated rings. The summed E-state index contributed by atoms with van der Waals surface area (Å²) >= 11 is 1.51. The minimum atomic E-state index is -0.240. The van der Waals surface area contributed by atoms with Crippen molar-refractivity contribution in [3.05, 3.63) is 39.8 Å². The Morgan fingerprint density at radius 1 is 1.42 bits per heavy atom. The molecule has 2 rings (SSSR count). The number of hydrazone groups is 1. The third-order valence-electron chi connectivity index (χ3n) is 3.54. The van der Waals surface area contributed by atoms with Crippen LogP contribution in [0.3, 0.4) is 0 Å². The zero-order chi connectivity index (χ0) is 17.5. The maximum absolute atomic E-state index is 11.8. The molecule has 7 heteroatoms.